The predicted octanol–water partition coefficient (Wildman–Crippen LogP) is 2.33. The van der Waals surface area contributed by atoms with Crippen LogP contribution in [0.1, 0.15) is 44.9 Å². The summed E-state index contributed by atoms with van der Waals surface area (Å²) in [5, 5.41) is 9.45. The van der Waals surface area contributed by atoms with Crippen molar-refractivity contribution in [1.29, 1.82) is 0 Å². The molecule has 1 fully saturated rings. The highest BCUT2D eigenvalue weighted by Gasteiger charge is 2.22. The smallest absolute Gasteiger partial charge is 0.0589 e. The van der Waals surface area contributed by atoms with Crippen LogP contribution >= 0.6 is 0 Å². The quantitative estimate of drug-likeness (QED) is 0.718. The second-order valence-electron chi connectivity index (χ2n) is 4.89. The molecule has 1 unspecified atom stereocenters. The van der Waals surface area contributed by atoms with E-state index >= 15 is 0 Å². The first-order valence-corrected chi connectivity index (χ1v) is 6.43. The molecule has 15 heavy (non-hydrogen) atoms. The minimum atomic E-state index is 0.331. The summed E-state index contributed by atoms with van der Waals surface area (Å²) < 4.78 is 0. The second kappa shape index (κ2) is 5.66. The monoisotopic (exact) mass is 209 g/mol. The van der Waals surface area contributed by atoms with Gasteiger partial charge in [0, 0.05) is 6.04 Å². The summed E-state index contributed by atoms with van der Waals surface area (Å²) in [4.78, 5) is 2.47. The van der Waals surface area contributed by atoms with Crippen molar-refractivity contribution in [2.75, 3.05) is 19.7 Å². The van der Waals surface area contributed by atoms with Crippen molar-refractivity contribution < 1.29 is 5.11 Å². The van der Waals surface area contributed by atoms with Gasteiger partial charge in [-0.3, -0.25) is 4.90 Å². The molecule has 1 aliphatic heterocycles. The molecule has 2 heteroatoms. The summed E-state index contributed by atoms with van der Waals surface area (Å²) in [6.07, 6.45) is 11.4. The van der Waals surface area contributed by atoms with E-state index in [1.807, 2.05) is 0 Å². The Kier molecular flexibility index (Phi) is 4.21. The van der Waals surface area contributed by atoms with Gasteiger partial charge in [0.05, 0.1) is 6.61 Å². The fourth-order valence-corrected chi connectivity index (χ4v) is 2.81. The maximum atomic E-state index is 9.45. The summed E-state index contributed by atoms with van der Waals surface area (Å²) in [6, 6.07) is 0.400. The second-order valence-corrected chi connectivity index (χ2v) is 4.89. The Balaban J connectivity index is 1.86. The van der Waals surface area contributed by atoms with E-state index in [0.717, 1.165) is 6.42 Å². The maximum Gasteiger partial charge on any atom is 0.0589 e. The third kappa shape index (κ3) is 3.05. The molecule has 2 aliphatic rings. The van der Waals surface area contributed by atoms with E-state index in [9.17, 15) is 5.11 Å². The van der Waals surface area contributed by atoms with Crippen LogP contribution in [0.2, 0.25) is 0 Å². The Hall–Kier alpha value is -0.340. The number of aliphatic hydroxyl groups excluding tert-OH is 1. The first-order valence-electron chi connectivity index (χ1n) is 6.43. The number of rotatable bonds is 4. The molecule has 0 saturated carbocycles. The Labute approximate surface area is 93.0 Å². The lowest BCUT2D eigenvalue weighted by atomic mass is 9.94. The van der Waals surface area contributed by atoms with E-state index in [1.54, 1.807) is 5.57 Å². The fraction of sp³-hybridized carbons (Fsp3) is 0.846. The highest BCUT2D eigenvalue weighted by Crippen LogP contribution is 2.24. The fourth-order valence-electron chi connectivity index (χ4n) is 2.81. The molecule has 0 amide bonds. The highest BCUT2D eigenvalue weighted by atomic mass is 16.3. The van der Waals surface area contributed by atoms with Gasteiger partial charge in [0.2, 0.25) is 0 Å². The molecule has 2 nitrogen and oxygen atoms in total. The van der Waals surface area contributed by atoms with Crippen LogP contribution in [0.4, 0.5) is 0 Å². The first kappa shape index (κ1) is 11.2. The van der Waals surface area contributed by atoms with E-state index in [4.69, 9.17) is 0 Å². The molecule has 2 rings (SSSR count). The third-order valence-corrected chi connectivity index (χ3v) is 3.75. The summed E-state index contributed by atoms with van der Waals surface area (Å²) >= 11 is 0. The van der Waals surface area contributed by atoms with E-state index in [0.29, 0.717) is 12.6 Å². The summed E-state index contributed by atoms with van der Waals surface area (Å²) in [5.74, 6) is 0. The van der Waals surface area contributed by atoms with E-state index < -0.39 is 0 Å². The lowest BCUT2D eigenvalue weighted by Gasteiger charge is -2.27. The van der Waals surface area contributed by atoms with Gasteiger partial charge in [-0.2, -0.15) is 0 Å². The molecular weight excluding hydrogens is 186 g/mol. The summed E-state index contributed by atoms with van der Waals surface area (Å²) in [5.41, 5.74) is 1.59. The Morgan fingerprint density at radius 3 is 2.60 bits per heavy atom. The number of hydrogen-bond donors (Lipinski definition) is 1. The van der Waals surface area contributed by atoms with Crippen LogP contribution in [0.3, 0.4) is 0 Å². The van der Waals surface area contributed by atoms with Gasteiger partial charge in [0.15, 0.2) is 0 Å². The normalized spacial score (nSPS) is 25.3. The molecule has 0 aromatic rings. The average molecular weight is 209 g/mol. The Bertz CT molecular complexity index is 219. The number of aliphatic hydroxyl groups is 1. The Morgan fingerprint density at radius 2 is 2.00 bits per heavy atom. The van der Waals surface area contributed by atoms with Crippen LogP contribution in [0, 0.1) is 0 Å². The van der Waals surface area contributed by atoms with Crippen LogP contribution in [0.15, 0.2) is 11.6 Å². The maximum absolute atomic E-state index is 9.45. The average Bonchev–Trinajstić information content (AvgIpc) is 2.81. The molecular formula is C13H23NO. The van der Waals surface area contributed by atoms with Crippen LogP contribution in [0.25, 0.3) is 0 Å². The van der Waals surface area contributed by atoms with Gasteiger partial charge in [-0.15, -0.1) is 0 Å². The first-order chi connectivity index (χ1) is 7.40. The van der Waals surface area contributed by atoms with Crippen molar-refractivity contribution in [2.24, 2.45) is 0 Å². The van der Waals surface area contributed by atoms with Crippen LogP contribution in [-0.2, 0) is 0 Å². The molecule has 0 radical (unpaired) electrons. The third-order valence-electron chi connectivity index (χ3n) is 3.75. The van der Waals surface area contributed by atoms with Crippen molar-refractivity contribution in [3.8, 4) is 0 Å². The van der Waals surface area contributed by atoms with Crippen molar-refractivity contribution in [1.82, 2.24) is 4.90 Å². The summed E-state index contributed by atoms with van der Waals surface area (Å²) in [7, 11) is 0. The van der Waals surface area contributed by atoms with Crippen molar-refractivity contribution in [3.63, 3.8) is 0 Å². The van der Waals surface area contributed by atoms with E-state index in [-0.39, 0.29) is 0 Å². The van der Waals surface area contributed by atoms with Crippen LogP contribution in [0.5, 0.6) is 0 Å². The van der Waals surface area contributed by atoms with E-state index in [1.165, 1.54) is 51.6 Å². The van der Waals surface area contributed by atoms with Gasteiger partial charge in [0.25, 0.3) is 0 Å². The minimum Gasteiger partial charge on any atom is -0.395 e. The van der Waals surface area contributed by atoms with Crippen molar-refractivity contribution in [3.05, 3.63) is 11.6 Å². The SMILES string of the molecule is OCC(CC1=CCCCC1)N1CCCC1. The molecule has 1 atom stereocenters. The highest BCUT2D eigenvalue weighted by molar-refractivity contribution is 5.07. The number of allylic oxidation sites excluding steroid dienone is 1. The molecule has 1 N–H and O–H groups in total. The lowest BCUT2D eigenvalue weighted by Crippen LogP contribution is -2.36. The molecule has 1 saturated heterocycles. The van der Waals surface area contributed by atoms with Gasteiger partial charge in [0.1, 0.15) is 0 Å². The van der Waals surface area contributed by atoms with Crippen molar-refractivity contribution in [2.45, 2.75) is 51.0 Å². The van der Waals surface area contributed by atoms with Crippen molar-refractivity contribution >= 4 is 0 Å². The summed E-state index contributed by atoms with van der Waals surface area (Å²) in [6.45, 7) is 2.72. The Morgan fingerprint density at radius 1 is 1.20 bits per heavy atom. The van der Waals surface area contributed by atoms with Gasteiger partial charge in [-0.05, 0) is 58.0 Å². The number of likely N-dealkylation sites (tertiary alicyclic amines) is 1. The minimum absolute atomic E-state index is 0.331. The van der Waals surface area contributed by atoms with Gasteiger partial charge >= 0.3 is 0 Å². The zero-order chi connectivity index (χ0) is 10.5. The molecule has 0 aromatic carbocycles. The topological polar surface area (TPSA) is 23.5 Å². The van der Waals surface area contributed by atoms with Gasteiger partial charge in [-0.1, -0.05) is 11.6 Å². The molecule has 86 valence electrons. The predicted molar refractivity (Wildman–Crippen MR) is 62.8 cm³/mol. The van der Waals surface area contributed by atoms with Crippen LogP contribution < -0.4 is 0 Å². The molecule has 0 spiro atoms. The number of hydrogen-bond acceptors (Lipinski definition) is 2. The molecule has 1 heterocycles. The zero-order valence-corrected chi connectivity index (χ0v) is 9.62. The van der Waals surface area contributed by atoms with E-state index in [2.05, 4.69) is 11.0 Å². The standard InChI is InChI=1S/C13H23NO/c15-11-13(14-8-4-5-9-14)10-12-6-2-1-3-7-12/h6,13,15H,1-5,7-11H2. The largest absolute Gasteiger partial charge is 0.395 e. The number of nitrogens with zero attached hydrogens (tertiary/aromatic N) is 1. The lowest BCUT2D eigenvalue weighted by molar-refractivity contribution is 0.144. The molecule has 0 aromatic heterocycles. The molecule has 1 aliphatic carbocycles. The zero-order valence-electron chi connectivity index (χ0n) is 9.62. The van der Waals surface area contributed by atoms with Crippen LogP contribution in [-0.4, -0.2) is 35.7 Å². The molecule has 0 bridgehead atoms. The van der Waals surface area contributed by atoms with Gasteiger partial charge in [-0.25, -0.2) is 0 Å². The van der Waals surface area contributed by atoms with Gasteiger partial charge < -0.3 is 5.11 Å².